The monoisotopic (exact) mass is 394 g/mol. The molecule has 3 rings (SSSR count). The van der Waals surface area contributed by atoms with Gasteiger partial charge >= 0.3 is 6.18 Å². The van der Waals surface area contributed by atoms with E-state index in [4.69, 9.17) is 0 Å². The lowest BCUT2D eigenvalue weighted by Crippen LogP contribution is -2.49. The van der Waals surface area contributed by atoms with Crippen molar-refractivity contribution in [1.82, 2.24) is 25.4 Å². The number of hydrogen-bond donors (Lipinski definition) is 2. The first-order valence-electron chi connectivity index (χ1n) is 9.37. The topological polar surface area (TPSA) is 67.1 Å². The Kier molecular flexibility index (Phi) is 5.90. The fourth-order valence-corrected chi connectivity index (χ4v) is 3.40. The quantitative estimate of drug-likeness (QED) is 0.584. The van der Waals surface area contributed by atoms with Crippen molar-refractivity contribution in [2.75, 3.05) is 13.1 Å². The van der Waals surface area contributed by atoms with Gasteiger partial charge in [0, 0.05) is 25.6 Å². The van der Waals surface area contributed by atoms with Gasteiger partial charge in [0.2, 0.25) is 0 Å². The zero-order chi connectivity index (χ0) is 20.2. The van der Waals surface area contributed by atoms with E-state index in [-0.39, 0.29) is 5.41 Å². The van der Waals surface area contributed by atoms with Crippen LogP contribution in [0.5, 0.6) is 0 Å². The first-order valence-corrected chi connectivity index (χ1v) is 9.37. The number of nitrogens with one attached hydrogen (secondary N) is 2. The van der Waals surface area contributed by atoms with E-state index < -0.39 is 11.7 Å². The second-order valence-electron chi connectivity index (χ2n) is 7.06. The van der Waals surface area contributed by atoms with E-state index in [1.54, 1.807) is 17.8 Å². The summed E-state index contributed by atoms with van der Waals surface area (Å²) in [5.41, 5.74) is -0.174. The maximum absolute atomic E-state index is 13.1. The lowest BCUT2D eigenvalue weighted by Gasteiger charge is -2.43. The molecule has 0 bridgehead atoms. The minimum atomic E-state index is -4.33. The molecular formula is C19H25F3N6. The summed E-state index contributed by atoms with van der Waals surface area (Å²) in [5.74, 6) is 1.34. The fraction of sp³-hybridized carbons (Fsp3) is 0.526. The summed E-state index contributed by atoms with van der Waals surface area (Å²) in [6, 6.07) is 5.69. The molecule has 1 aliphatic carbocycles. The molecule has 0 spiro atoms. The lowest BCUT2D eigenvalue weighted by molar-refractivity contribution is -0.137. The summed E-state index contributed by atoms with van der Waals surface area (Å²) >= 11 is 0. The van der Waals surface area contributed by atoms with E-state index in [0.717, 1.165) is 36.7 Å². The SMILES string of the molecule is CCNC(=NCc1ncnn1C)NCC1(c2cccc(C(F)(F)F)c2)CCC1. The number of guanidine groups is 1. The molecule has 0 unspecified atom stereocenters. The van der Waals surface area contributed by atoms with E-state index in [2.05, 4.69) is 25.7 Å². The summed E-state index contributed by atoms with van der Waals surface area (Å²) in [6.07, 6.45) is -0.151. The first kappa shape index (κ1) is 20.2. The van der Waals surface area contributed by atoms with E-state index >= 15 is 0 Å². The molecule has 1 aromatic carbocycles. The molecule has 6 nitrogen and oxygen atoms in total. The van der Waals surface area contributed by atoms with Crippen LogP contribution in [0.4, 0.5) is 13.2 Å². The lowest BCUT2D eigenvalue weighted by atomic mass is 9.64. The van der Waals surface area contributed by atoms with Crippen LogP contribution in [-0.4, -0.2) is 33.8 Å². The number of rotatable bonds is 6. The molecule has 152 valence electrons. The summed E-state index contributed by atoms with van der Waals surface area (Å²) in [5, 5.41) is 10.5. The molecule has 0 radical (unpaired) electrons. The Morgan fingerprint density at radius 1 is 1.29 bits per heavy atom. The van der Waals surface area contributed by atoms with Crippen molar-refractivity contribution in [2.24, 2.45) is 12.0 Å². The molecule has 9 heteroatoms. The second-order valence-corrected chi connectivity index (χ2v) is 7.06. The molecule has 1 aliphatic rings. The van der Waals surface area contributed by atoms with Crippen molar-refractivity contribution in [3.63, 3.8) is 0 Å². The number of nitrogens with zero attached hydrogens (tertiary/aromatic N) is 4. The Morgan fingerprint density at radius 3 is 2.64 bits per heavy atom. The number of aliphatic imine (C=N–C) groups is 1. The van der Waals surface area contributed by atoms with Crippen LogP contribution >= 0.6 is 0 Å². The van der Waals surface area contributed by atoms with E-state index in [9.17, 15) is 13.2 Å². The summed E-state index contributed by atoms with van der Waals surface area (Å²) < 4.78 is 41.0. The largest absolute Gasteiger partial charge is 0.416 e. The van der Waals surface area contributed by atoms with Crippen molar-refractivity contribution in [2.45, 2.75) is 44.3 Å². The molecule has 1 aromatic heterocycles. The van der Waals surface area contributed by atoms with Gasteiger partial charge in [-0.2, -0.15) is 18.3 Å². The molecule has 2 aromatic rings. The third kappa shape index (κ3) is 4.45. The van der Waals surface area contributed by atoms with Gasteiger partial charge in [0.15, 0.2) is 5.96 Å². The third-order valence-corrected chi connectivity index (χ3v) is 5.24. The van der Waals surface area contributed by atoms with Crippen LogP contribution in [-0.2, 0) is 25.2 Å². The number of halogens is 3. The fourth-order valence-electron chi connectivity index (χ4n) is 3.40. The van der Waals surface area contributed by atoms with Crippen LogP contribution < -0.4 is 10.6 Å². The van der Waals surface area contributed by atoms with E-state index in [1.165, 1.54) is 18.5 Å². The smallest absolute Gasteiger partial charge is 0.357 e. The number of benzene rings is 1. The Labute approximate surface area is 162 Å². The average molecular weight is 394 g/mol. The van der Waals surface area contributed by atoms with Crippen molar-refractivity contribution in [1.29, 1.82) is 0 Å². The summed E-state index contributed by atoms with van der Waals surface area (Å²) in [7, 11) is 1.80. The van der Waals surface area contributed by atoms with Gasteiger partial charge in [0.25, 0.3) is 0 Å². The third-order valence-electron chi connectivity index (χ3n) is 5.24. The van der Waals surface area contributed by atoms with Crippen LogP contribution in [0, 0.1) is 0 Å². The van der Waals surface area contributed by atoms with Gasteiger partial charge in [-0.1, -0.05) is 24.6 Å². The second kappa shape index (κ2) is 8.20. The number of aromatic nitrogens is 3. The highest BCUT2D eigenvalue weighted by Crippen LogP contribution is 2.44. The normalized spacial score (nSPS) is 16.5. The molecule has 0 aliphatic heterocycles. The molecular weight excluding hydrogens is 369 g/mol. The Hall–Kier alpha value is -2.58. The highest BCUT2D eigenvalue weighted by molar-refractivity contribution is 5.79. The van der Waals surface area contributed by atoms with Gasteiger partial charge in [0.05, 0.1) is 5.56 Å². The van der Waals surface area contributed by atoms with Crippen molar-refractivity contribution < 1.29 is 13.2 Å². The minimum Gasteiger partial charge on any atom is -0.357 e. The maximum Gasteiger partial charge on any atom is 0.416 e. The van der Waals surface area contributed by atoms with Gasteiger partial charge in [-0.3, -0.25) is 4.68 Å². The number of alkyl halides is 3. The van der Waals surface area contributed by atoms with E-state index in [0.29, 0.717) is 25.6 Å². The molecule has 0 atom stereocenters. The Balaban J connectivity index is 1.73. The van der Waals surface area contributed by atoms with Crippen molar-refractivity contribution >= 4 is 5.96 Å². The predicted molar refractivity (Wildman–Crippen MR) is 101 cm³/mol. The molecule has 1 heterocycles. The number of aryl methyl sites for hydroxylation is 1. The summed E-state index contributed by atoms with van der Waals surface area (Å²) in [6.45, 7) is 3.54. The highest BCUT2D eigenvalue weighted by atomic mass is 19.4. The van der Waals surface area contributed by atoms with Gasteiger partial charge < -0.3 is 10.6 Å². The molecule has 28 heavy (non-hydrogen) atoms. The van der Waals surface area contributed by atoms with Crippen LogP contribution in [0.1, 0.15) is 43.1 Å². The minimum absolute atomic E-state index is 0.303. The molecule has 0 saturated heterocycles. The zero-order valence-electron chi connectivity index (χ0n) is 16.1. The molecule has 1 saturated carbocycles. The van der Waals surface area contributed by atoms with Crippen molar-refractivity contribution in [3.8, 4) is 0 Å². The van der Waals surface area contributed by atoms with Crippen LogP contribution in [0.25, 0.3) is 0 Å². The van der Waals surface area contributed by atoms with Crippen LogP contribution in [0.3, 0.4) is 0 Å². The highest BCUT2D eigenvalue weighted by Gasteiger charge is 2.40. The van der Waals surface area contributed by atoms with Crippen molar-refractivity contribution in [3.05, 3.63) is 47.5 Å². The summed E-state index contributed by atoms with van der Waals surface area (Å²) in [4.78, 5) is 8.67. The van der Waals surface area contributed by atoms with Gasteiger partial charge in [-0.05, 0) is 31.4 Å². The molecule has 2 N–H and O–H groups in total. The van der Waals surface area contributed by atoms with Gasteiger partial charge in [0.1, 0.15) is 18.7 Å². The van der Waals surface area contributed by atoms with E-state index in [1.807, 2.05) is 6.92 Å². The Bertz CT molecular complexity index is 823. The number of hydrogen-bond acceptors (Lipinski definition) is 3. The van der Waals surface area contributed by atoms with Crippen LogP contribution in [0.15, 0.2) is 35.6 Å². The van der Waals surface area contributed by atoms with Gasteiger partial charge in [-0.15, -0.1) is 0 Å². The molecule has 0 amide bonds. The predicted octanol–water partition coefficient (Wildman–Crippen LogP) is 3.01. The Morgan fingerprint density at radius 2 is 2.07 bits per heavy atom. The zero-order valence-corrected chi connectivity index (χ0v) is 16.1. The first-order chi connectivity index (χ1) is 13.3. The standard InChI is InChI=1S/C19H25F3N6/c1-3-23-17(24-11-16-26-13-27-28(16)2)25-12-18(8-5-9-18)14-6-4-7-15(10-14)19(20,21)22/h4,6-7,10,13H,3,5,8-9,11-12H2,1-2H3,(H2,23,24,25). The maximum atomic E-state index is 13.1. The molecule has 1 fully saturated rings. The van der Waals surface area contributed by atoms with Gasteiger partial charge in [-0.25, -0.2) is 9.98 Å². The average Bonchev–Trinajstić information content (AvgIpc) is 3.03. The van der Waals surface area contributed by atoms with Crippen LogP contribution in [0.2, 0.25) is 0 Å².